The van der Waals surface area contributed by atoms with E-state index in [9.17, 15) is 14.4 Å². The van der Waals surface area contributed by atoms with Crippen LogP contribution in [0.4, 0.5) is 5.82 Å². The zero-order valence-electron chi connectivity index (χ0n) is 26.0. The number of aryl methyl sites for hydroxylation is 1. The second-order valence-electron chi connectivity index (χ2n) is 11.2. The lowest BCUT2D eigenvalue weighted by atomic mass is 10.0. The molecule has 3 aromatic heterocycles. The largest absolute Gasteiger partial charge is 0.355 e. The van der Waals surface area contributed by atoms with Gasteiger partial charge in [-0.25, -0.2) is 14.3 Å². The molecule has 43 heavy (non-hydrogen) atoms. The summed E-state index contributed by atoms with van der Waals surface area (Å²) < 4.78 is 9.33. The third-order valence-electron chi connectivity index (χ3n) is 7.93. The van der Waals surface area contributed by atoms with Crippen LogP contribution in [0.25, 0.3) is 28.0 Å². The van der Waals surface area contributed by atoms with Crippen LogP contribution in [0.5, 0.6) is 0 Å². The molecule has 9 nitrogen and oxygen atoms in total. The molecule has 1 amide bonds. The first kappa shape index (κ1) is 28.7. The second kappa shape index (κ2) is 12.1. The number of rotatable bonds is 7. The molecule has 0 N–H and O–H groups in total. The molecule has 1 fully saturated rings. The van der Waals surface area contributed by atoms with Gasteiger partial charge < -0.3 is 9.80 Å². The van der Waals surface area contributed by atoms with E-state index in [1.807, 2.05) is 45.6 Å². The van der Waals surface area contributed by atoms with Crippen LogP contribution >= 0.6 is 11.6 Å². The molecule has 0 aliphatic carbocycles. The quantitative estimate of drug-likeness (QED) is 0.201. The number of aldehydes is 1. The summed E-state index contributed by atoms with van der Waals surface area (Å²) in [6, 6.07) is 9.89. The lowest BCUT2D eigenvalue weighted by Gasteiger charge is -2.45. The van der Waals surface area contributed by atoms with Crippen LogP contribution in [0, 0.1) is 0 Å². The van der Waals surface area contributed by atoms with Gasteiger partial charge in [0.1, 0.15) is 7.19 Å². The van der Waals surface area contributed by atoms with E-state index < -0.39 is 12.0 Å². The van der Waals surface area contributed by atoms with Gasteiger partial charge in [0.15, 0.2) is 11.9 Å². The first-order valence-corrected chi connectivity index (χ1v) is 14.8. The van der Waals surface area contributed by atoms with Crippen LogP contribution < -0.4 is 10.6 Å². The van der Waals surface area contributed by atoms with E-state index in [1.54, 1.807) is 41.4 Å². The number of carbonyl (C=O) groups is 2. The van der Waals surface area contributed by atoms with E-state index in [1.165, 1.54) is 10.6 Å². The molecule has 1 aliphatic rings. The molecule has 1 saturated heterocycles. The Morgan fingerprint density at radius 3 is 2.51 bits per heavy atom. The Morgan fingerprint density at radius 2 is 1.88 bits per heavy atom. The number of benzene rings is 1. The molecule has 0 spiro atoms. The van der Waals surface area contributed by atoms with Crippen molar-refractivity contribution in [1.82, 2.24) is 24.4 Å². The number of pyridine rings is 2. The zero-order chi connectivity index (χ0) is 31.9. The summed E-state index contributed by atoms with van der Waals surface area (Å²) in [6.07, 6.45) is 2.81. The first-order valence-electron chi connectivity index (χ1n) is 14.9. The predicted molar refractivity (Wildman–Crippen MR) is 170 cm³/mol. The Bertz CT molecular complexity index is 1840. The van der Waals surface area contributed by atoms with E-state index in [0.717, 1.165) is 11.3 Å². The molecule has 5 rings (SSSR count). The summed E-state index contributed by atoms with van der Waals surface area (Å²) in [5, 5.41) is 0.780. The first-order chi connectivity index (χ1) is 21.0. The number of anilines is 1. The molecule has 0 unspecified atom stereocenters. The number of amides is 1. The number of aromatic nitrogens is 4. The molecule has 1 aromatic carbocycles. The molecule has 4 heterocycles. The van der Waals surface area contributed by atoms with Gasteiger partial charge in [-0.05, 0) is 50.0 Å². The monoisotopic (exact) mass is 599 g/mol. The van der Waals surface area contributed by atoms with Crippen molar-refractivity contribution < 1.29 is 11.0 Å². The number of halogens is 1. The van der Waals surface area contributed by atoms with E-state index in [0.29, 0.717) is 47.6 Å². The topological polar surface area (TPSA) is 101 Å². The fourth-order valence-electron chi connectivity index (χ4n) is 6.00. The van der Waals surface area contributed by atoms with Crippen molar-refractivity contribution in [3.8, 4) is 16.9 Å². The molecule has 2 atom stereocenters. The normalized spacial score (nSPS) is 17.3. The molecule has 1 aliphatic heterocycles. The lowest BCUT2D eigenvalue weighted by Crippen LogP contribution is -2.58. The van der Waals surface area contributed by atoms with Gasteiger partial charge >= 0.3 is 5.69 Å². The third-order valence-corrected chi connectivity index (χ3v) is 8.22. The van der Waals surface area contributed by atoms with Gasteiger partial charge in [-0.2, -0.15) is 4.98 Å². The van der Waals surface area contributed by atoms with Crippen LogP contribution in [0.2, 0.25) is 5.02 Å². The predicted octanol–water partition coefficient (Wildman–Crippen LogP) is 5.61. The maximum atomic E-state index is 14.2. The van der Waals surface area contributed by atoms with Crippen molar-refractivity contribution in [2.45, 2.75) is 59.0 Å². The minimum atomic E-state index is -0.872. The molecular formula is C33H35ClN6O3. The smallest absolute Gasteiger partial charge is 0.347 e. The Hall–Kier alpha value is -4.37. The van der Waals surface area contributed by atoms with Crippen molar-refractivity contribution in [3.63, 3.8) is 0 Å². The number of nitrogens with zero attached hydrogens (tertiary/aromatic N) is 6. The highest BCUT2D eigenvalue weighted by Gasteiger charge is 2.34. The van der Waals surface area contributed by atoms with Gasteiger partial charge in [-0.1, -0.05) is 63.2 Å². The molecule has 0 bridgehead atoms. The van der Waals surface area contributed by atoms with Crippen LogP contribution in [0.3, 0.4) is 0 Å². The van der Waals surface area contributed by atoms with Gasteiger partial charge in [-0.15, -0.1) is 0 Å². The Labute approximate surface area is 257 Å². The van der Waals surface area contributed by atoms with E-state index in [4.69, 9.17) is 18.0 Å². The number of hydrogen-bond acceptors (Lipinski definition) is 7. The standard InChI is InChI=1S/C33H35ClN6O3/c1-7-22-13-14-35-28(19(3)4)30(22)40-31-25(15-26(34)29(36-31)24-12-10-9-11-23(24)18-41)32(37-33(40)43)39-20(5)16-38(17-21(39)6)27(42)8-2/h8-15,18-21H,2,7,16-17H2,1,3-6H3/t20-,21-/m0/s1/i18D. The van der Waals surface area contributed by atoms with Gasteiger partial charge in [-0.3, -0.25) is 14.6 Å². The van der Waals surface area contributed by atoms with Crippen LogP contribution in [0.15, 0.2) is 60.0 Å². The number of piperazine rings is 1. The minimum Gasteiger partial charge on any atom is -0.347 e. The SMILES string of the molecule is [2H]C(=O)c1ccccc1-c1nc2c(cc1Cl)c(N1[C@@H](C)CN(C(=O)C=C)C[C@@H]1C)nc(=O)n2-c1c(CC)ccnc1C(C)C. The summed E-state index contributed by atoms with van der Waals surface area (Å²) in [5.41, 5.74) is 2.82. The van der Waals surface area contributed by atoms with Gasteiger partial charge in [0.05, 0.1) is 27.5 Å². The van der Waals surface area contributed by atoms with Crippen molar-refractivity contribution in [3.05, 3.63) is 87.6 Å². The van der Waals surface area contributed by atoms with Crippen molar-refractivity contribution >= 4 is 40.6 Å². The molecule has 4 aromatic rings. The van der Waals surface area contributed by atoms with E-state index in [-0.39, 0.29) is 40.2 Å². The highest BCUT2D eigenvalue weighted by atomic mass is 35.5. The minimum absolute atomic E-state index is 0.0120. The number of hydrogen-bond donors (Lipinski definition) is 0. The molecular weight excluding hydrogens is 564 g/mol. The Balaban J connectivity index is 1.87. The fourth-order valence-corrected chi connectivity index (χ4v) is 6.25. The number of fused-ring (bicyclic) bond motifs is 1. The maximum absolute atomic E-state index is 14.2. The highest BCUT2D eigenvalue weighted by Crippen LogP contribution is 2.37. The van der Waals surface area contributed by atoms with Crippen molar-refractivity contribution in [2.75, 3.05) is 18.0 Å². The second-order valence-corrected chi connectivity index (χ2v) is 11.6. The van der Waals surface area contributed by atoms with Crippen molar-refractivity contribution in [2.24, 2.45) is 0 Å². The molecule has 10 heteroatoms. The number of carbonyl (C=O) groups excluding carboxylic acids is 2. The summed E-state index contributed by atoms with van der Waals surface area (Å²) in [7, 11) is 0. The van der Waals surface area contributed by atoms with Crippen LogP contribution in [0.1, 0.15) is 63.5 Å². The summed E-state index contributed by atoms with van der Waals surface area (Å²) in [5.74, 6) is 0.242. The summed E-state index contributed by atoms with van der Waals surface area (Å²) >= 11 is 6.92. The zero-order valence-corrected chi connectivity index (χ0v) is 25.7. The van der Waals surface area contributed by atoms with Crippen LogP contribution in [-0.4, -0.2) is 61.8 Å². The van der Waals surface area contributed by atoms with Gasteiger partial charge in [0, 0.05) is 42.5 Å². The van der Waals surface area contributed by atoms with E-state index in [2.05, 4.69) is 16.5 Å². The summed E-state index contributed by atoms with van der Waals surface area (Å²) in [4.78, 5) is 57.0. The average Bonchev–Trinajstić information content (AvgIpc) is 2.99. The van der Waals surface area contributed by atoms with Gasteiger partial charge in [0.25, 0.3) is 0 Å². The maximum Gasteiger partial charge on any atom is 0.355 e. The molecule has 0 saturated carbocycles. The molecule has 222 valence electrons. The Kier molecular flexibility index (Phi) is 8.08. The van der Waals surface area contributed by atoms with Crippen molar-refractivity contribution in [1.29, 1.82) is 0 Å². The van der Waals surface area contributed by atoms with E-state index >= 15 is 0 Å². The third kappa shape index (κ3) is 5.33. The van der Waals surface area contributed by atoms with Crippen LogP contribution in [-0.2, 0) is 11.2 Å². The highest BCUT2D eigenvalue weighted by molar-refractivity contribution is 6.34. The van der Waals surface area contributed by atoms with Gasteiger partial charge in [0.2, 0.25) is 5.91 Å². The average molecular weight is 600 g/mol. The molecule has 0 radical (unpaired) electrons. The summed E-state index contributed by atoms with van der Waals surface area (Å²) in [6.45, 7) is 14.5. The lowest BCUT2D eigenvalue weighted by molar-refractivity contribution is -0.127. The fraction of sp³-hybridized carbons (Fsp3) is 0.333. The Morgan fingerprint density at radius 1 is 1.19 bits per heavy atom.